The van der Waals surface area contributed by atoms with Crippen molar-refractivity contribution in [2.75, 3.05) is 23.5 Å². The van der Waals surface area contributed by atoms with Gasteiger partial charge in [-0.1, -0.05) is 72.8 Å². The summed E-state index contributed by atoms with van der Waals surface area (Å²) in [4.78, 5) is 29.2. The van der Waals surface area contributed by atoms with E-state index in [9.17, 15) is 19.8 Å². The molecule has 184 valence electrons. The van der Waals surface area contributed by atoms with Crippen molar-refractivity contribution in [3.63, 3.8) is 0 Å². The van der Waals surface area contributed by atoms with E-state index in [1.54, 1.807) is 36.2 Å². The largest absolute Gasteiger partial charge is 0.507 e. The molecule has 0 bridgehead atoms. The number of aliphatic hydroxyl groups is 1. The van der Waals surface area contributed by atoms with E-state index >= 15 is 0 Å². The van der Waals surface area contributed by atoms with Crippen molar-refractivity contribution in [2.24, 2.45) is 0 Å². The molecule has 4 aromatic carbocycles. The predicted molar refractivity (Wildman–Crippen MR) is 140 cm³/mol. The van der Waals surface area contributed by atoms with E-state index in [0.717, 1.165) is 16.7 Å². The molecule has 1 unspecified atom stereocenters. The molecule has 0 radical (unpaired) electrons. The van der Waals surface area contributed by atoms with Gasteiger partial charge >= 0.3 is 0 Å². The lowest BCUT2D eigenvalue weighted by Crippen LogP contribution is -2.41. The summed E-state index contributed by atoms with van der Waals surface area (Å²) in [6.45, 7) is 0.0688. The van der Waals surface area contributed by atoms with Crippen LogP contribution in [-0.4, -0.2) is 35.7 Å². The summed E-state index contributed by atoms with van der Waals surface area (Å²) in [7, 11) is 1.59. The average Bonchev–Trinajstić information content (AvgIpc) is 3.14. The molecule has 0 fully saturated rings. The Kier molecular flexibility index (Phi) is 5.24. The van der Waals surface area contributed by atoms with Crippen LogP contribution in [0.4, 0.5) is 11.4 Å². The summed E-state index contributed by atoms with van der Waals surface area (Å²) < 4.78 is 5.46. The van der Waals surface area contributed by atoms with Crippen molar-refractivity contribution < 1.29 is 24.5 Å². The monoisotopic (exact) mass is 492 g/mol. The molecule has 0 aromatic heterocycles. The fraction of sp³-hybridized carbons (Fsp3) is 0.133. The molecule has 2 N–H and O–H groups in total. The number of carbonyl (C=O) groups is 2. The zero-order valence-electron chi connectivity index (χ0n) is 20.1. The fourth-order valence-electron chi connectivity index (χ4n) is 5.18. The van der Waals surface area contributed by atoms with Gasteiger partial charge in [0.05, 0.1) is 17.9 Å². The molecule has 0 saturated heterocycles. The highest BCUT2D eigenvalue weighted by Crippen LogP contribution is 2.50. The van der Waals surface area contributed by atoms with Gasteiger partial charge in [-0.25, -0.2) is 0 Å². The second kappa shape index (κ2) is 8.50. The third-order valence-corrected chi connectivity index (χ3v) is 7.12. The van der Waals surface area contributed by atoms with Crippen molar-refractivity contribution in [1.29, 1.82) is 0 Å². The maximum absolute atomic E-state index is 14.1. The molecule has 37 heavy (non-hydrogen) atoms. The van der Waals surface area contributed by atoms with Crippen LogP contribution < -0.4 is 14.5 Å². The molecular formula is C30H24N2O5. The zero-order valence-corrected chi connectivity index (χ0v) is 20.1. The Morgan fingerprint density at radius 1 is 0.865 bits per heavy atom. The van der Waals surface area contributed by atoms with Crippen molar-refractivity contribution in [3.05, 3.63) is 108 Å². The number of amides is 2. The summed E-state index contributed by atoms with van der Waals surface area (Å²) in [5.41, 5.74) is 2.04. The maximum atomic E-state index is 14.1. The lowest BCUT2D eigenvalue weighted by molar-refractivity contribution is -0.132. The lowest BCUT2D eigenvalue weighted by Gasteiger charge is -2.30. The molecule has 0 aliphatic carbocycles. The van der Waals surface area contributed by atoms with Gasteiger partial charge in [-0.05, 0) is 28.8 Å². The lowest BCUT2D eigenvalue weighted by atomic mass is 9.86. The minimum Gasteiger partial charge on any atom is -0.507 e. The van der Waals surface area contributed by atoms with Gasteiger partial charge in [-0.3, -0.25) is 9.59 Å². The number of benzene rings is 4. The van der Waals surface area contributed by atoms with Crippen LogP contribution >= 0.6 is 0 Å². The number of para-hydroxylation sites is 1. The van der Waals surface area contributed by atoms with Gasteiger partial charge in [0, 0.05) is 24.2 Å². The number of nitrogens with zero attached hydrogens (tertiary/aromatic N) is 2. The van der Waals surface area contributed by atoms with Gasteiger partial charge in [0.15, 0.2) is 12.2 Å². The van der Waals surface area contributed by atoms with Crippen LogP contribution in [0, 0.1) is 0 Å². The number of likely N-dealkylation sites (N-methyl/N-ethyl adjacent to an activating group) is 1. The number of carbonyl (C=O) groups excluding carboxylic acids is 2. The highest BCUT2D eigenvalue weighted by atomic mass is 16.5. The molecule has 4 aromatic rings. The molecule has 7 nitrogen and oxygen atoms in total. The smallest absolute Gasteiger partial charge is 0.268 e. The maximum Gasteiger partial charge on any atom is 0.268 e. The Morgan fingerprint density at radius 2 is 1.57 bits per heavy atom. The minimum atomic E-state index is -2.15. The van der Waals surface area contributed by atoms with Gasteiger partial charge < -0.3 is 24.7 Å². The molecule has 2 heterocycles. The first-order chi connectivity index (χ1) is 17.9. The Labute approximate surface area is 213 Å². The topological polar surface area (TPSA) is 90.3 Å². The number of hydrogen-bond acceptors (Lipinski definition) is 5. The standard InChI is InChI=1S/C30H24N2O5/c1-31-25-15-23(26(33)16-27(25)37-18-28(31)34)30(36)22-13-7-8-14-24(22)32(29(30)35)17-20-11-5-6-12-21(20)19-9-3-2-4-10-19/h2-16,33,36H,17-18H2,1H3. The quantitative estimate of drug-likeness (QED) is 0.446. The van der Waals surface area contributed by atoms with Gasteiger partial charge in [0.25, 0.3) is 11.8 Å². The first-order valence-electron chi connectivity index (χ1n) is 11.9. The molecule has 2 aliphatic heterocycles. The number of rotatable bonds is 4. The Morgan fingerprint density at radius 3 is 2.38 bits per heavy atom. The van der Waals surface area contributed by atoms with Gasteiger partial charge in [0.2, 0.25) is 0 Å². The summed E-state index contributed by atoms with van der Waals surface area (Å²) in [6, 6.07) is 27.6. The first-order valence-corrected chi connectivity index (χ1v) is 11.9. The van der Waals surface area contributed by atoms with E-state index in [4.69, 9.17) is 4.74 Å². The summed E-state index contributed by atoms with van der Waals surface area (Å²) in [5, 5.41) is 23.0. The predicted octanol–water partition coefficient (Wildman–Crippen LogP) is 4.20. The van der Waals surface area contributed by atoms with Crippen molar-refractivity contribution in [2.45, 2.75) is 12.1 Å². The molecule has 0 spiro atoms. The van der Waals surface area contributed by atoms with Crippen molar-refractivity contribution >= 4 is 23.2 Å². The number of aromatic hydroxyl groups is 1. The van der Waals surface area contributed by atoms with Gasteiger partial charge in [0.1, 0.15) is 11.5 Å². The number of anilines is 2. The van der Waals surface area contributed by atoms with E-state index in [-0.39, 0.29) is 30.4 Å². The van der Waals surface area contributed by atoms with Crippen LogP contribution in [0.1, 0.15) is 16.7 Å². The SMILES string of the molecule is CN1C(=O)COc2cc(O)c(C3(O)C(=O)N(Cc4ccccc4-c4ccccc4)c4ccccc43)cc21. The number of phenolic OH excluding ortho intramolecular Hbond substituents is 1. The zero-order chi connectivity index (χ0) is 25.7. The van der Waals surface area contributed by atoms with Crippen LogP contribution in [0.3, 0.4) is 0 Å². The number of fused-ring (bicyclic) bond motifs is 2. The highest BCUT2D eigenvalue weighted by Gasteiger charge is 2.52. The van der Waals surface area contributed by atoms with Gasteiger partial charge in [-0.15, -0.1) is 0 Å². The van der Waals surface area contributed by atoms with Crippen molar-refractivity contribution in [1.82, 2.24) is 0 Å². The number of ether oxygens (including phenoxy) is 1. The second-order valence-corrected chi connectivity index (χ2v) is 9.22. The molecule has 0 saturated carbocycles. The molecule has 7 heteroatoms. The molecule has 6 rings (SSSR count). The molecule has 2 aliphatic rings. The van der Waals surface area contributed by atoms with Crippen LogP contribution in [0.5, 0.6) is 11.5 Å². The Balaban J connectivity index is 1.46. The summed E-state index contributed by atoms with van der Waals surface area (Å²) in [6.07, 6.45) is 0. The molecule has 2 amide bonds. The molecular weight excluding hydrogens is 468 g/mol. The summed E-state index contributed by atoms with van der Waals surface area (Å²) >= 11 is 0. The normalized spacial score (nSPS) is 18.4. The van der Waals surface area contributed by atoms with Gasteiger partial charge in [-0.2, -0.15) is 0 Å². The van der Waals surface area contributed by atoms with Crippen LogP contribution in [0.15, 0.2) is 91.0 Å². The third-order valence-electron chi connectivity index (χ3n) is 7.12. The second-order valence-electron chi connectivity index (χ2n) is 9.22. The Bertz CT molecular complexity index is 1550. The fourth-order valence-corrected chi connectivity index (χ4v) is 5.18. The number of hydrogen-bond donors (Lipinski definition) is 2. The average molecular weight is 493 g/mol. The summed E-state index contributed by atoms with van der Waals surface area (Å²) in [5.74, 6) is -0.844. The van der Waals surface area contributed by atoms with E-state index < -0.39 is 11.5 Å². The van der Waals surface area contributed by atoms with Crippen LogP contribution in [-0.2, 0) is 21.7 Å². The van der Waals surface area contributed by atoms with E-state index in [1.807, 2.05) is 54.6 Å². The Hall–Kier alpha value is -4.62. The third kappa shape index (κ3) is 3.47. The highest BCUT2D eigenvalue weighted by molar-refractivity contribution is 6.10. The number of phenols is 1. The molecule has 1 atom stereocenters. The van der Waals surface area contributed by atoms with Crippen LogP contribution in [0.2, 0.25) is 0 Å². The van der Waals surface area contributed by atoms with E-state index in [1.165, 1.54) is 17.0 Å². The minimum absolute atomic E-state index is 0.00676. The first kappa shape index (κ1) is 22.8. The van der Waals surface area contributed by atoms with E-state index in [2.05, 4.69) is 0 Å². The van der Waals surface area contributed by atoms with Crippen molar-refractivity contribution in [3.8, 4) is 22.6 Å². The van der Waals surface area contributed by atoms with E-state index in [0.29, 0.717) is 22.7 Å². The van der Waals surface area contributed by atoms with Crippen LogP contribution in [0.25, 0.3) is 11.1 Å².